The second-order valence-electron chi connectivity index (χ2n) is 5.53. The fourth-order valence-electron chi connectivity index (χ4n) is 2.55. The highest BCUT2D eigenvalue weighted by atomic mass is 16.3. The van der Waals surface area contributed by atoms with Crippen LogP contribution in [-0.4, -0.2) is 31.2 Å². The van der Waals surface area contributed by atoms with E-state index in [4.69, 9.17) is 5.11 Å². The first-order valence-electron chi connectivity index (χ1n) is 7.59. The van der Waals surface area contributed by atoms with Crippen molar-refractivity contribution in [2.45, 2.75) is 32.1 Å². The van der Waals surface area contributed by atoms with Gasteiger partial charge in [-0.2, -0.15) is 0 Å². The third-order valence-corrected chi connectivity index (χ3v) is 3.80. The Morgan fingerprint density at radius 1 is 1.29 bits per heavy atom. The highest BCUT2D eigenvalue weighted by Crippen LogP contribution is 2.21. The van der Waals surface area contributed by atoms with Gasteiger partial charge in [0.1, 0.15) is 0 Å². The number of nitrogens with one attached hydrogen (secondary N) is 1. The third kappa shape index (κ3) is 4.90. The van der Waals surface area contributed by atoms with Crippen LogP contribution in [0.2, 0.25) is 0 Å². The molecule has 21 heavy (non-hydrogen) atoms. The summed E-state index contributed by atoms with van der Waals surface area (Å²) in [5.74, 6) is 0.0552. The Bertz CT molecular complexity index is 494. The number of anilines is 2. The van der Waals surface area contributed by atoms with Crippen LogP contribution in [0.3, 0.4) is 0 Å². The maximum atomic E-state index is 12.0. The van der Waals surface area contributed by atoms with Gasteiger partial charge in [-0.05, 0) is 49.9 Å². The third-order valence-electron chi connectivity index (χ3n) is 3.80. The lowest BCUT2D eigenvalue weighted by molar-refractivity contribution is -0.115. The van der Waals surface area contributed by atoms with Gasteiger partial charge in [0, 0.05) is 31.4 Å². The van der Waals surface area contributed by atoms with E-state index >= 15 is 0 Å². The fourth-order valence-corrected chi connectivity index (χ4v) is 2.55. The molecule has 1 amide bonds. The molecule has 1 aliphatic carbocycles. The Kier molecular flexibility index (Phi) is 5.81. The van der Waals surface area contributed by atoms with Crippen molar-refractivity contribution >= 4 is 17.3 Å². The number of allylic oxidation sites excluding steroid dienone is 1. The lowest BCUT2D eigenvalue weighted by Crippen LogP contribution is -2.21. The summed E-state index contributed by atoms with van der Waals surface area (Å²) in [7, 11) is 1.93. The van der Waals surface area contributed by atoms with Gasteiger partial charge in [0.25, 0.3) is 0 Å². The number of carbonyl (C=O) groups excluding carboxylic acids is 1. The second-order valence-corrected chi connectivity index (χ2v) is 5.53. The molecule has 4 nitrogen and oxygen atoms in total. The molecule has 0 unspecified atom stereocenters. The molecule has 0 saturated carbocycles. The van der Waals surface area contributed by atoms with Crippen LogP contribution >= 0.6 is 0 Å². The summed E-state index contributed by atoms with van der Waals surface area (Å²) < 4.78 is 0. The van der Waals surface area contributed by atoms with E-state index in [0.717, 1.165) is 24.2 Å². The largest absolute Gasteiger partial charge is 0.395 e. The van der Waals surface area contributed by atoms with E-state index in [2.05, 4.69) is 11.4 Å². The lowest BCUT2D eigenvalue weighted by atomic mass is 9.97. The summed E-state index contributed by atoms with van der Waals surface area (Å²) >= 11 is 0. The van der Waals surface area contributed by atoms with Gasteiger partial charge in [-0.15, -0.1) is 0 Å². The van der Waals surface area contributed by atoms with Gasteiger partial charge < -0.3 is 15.3 Å². The number of carbonyl (C=O) groups is 1. The van der Waals surface area contributed by atoms with Crippen LogP contribution in [0.4, 0.5) is 11.4 Å². The van der Waals surface area contributed by atoms with Crippen LogP contribution in [-0.2, 0) is 4.79 Å². The number of hydrogen-bond acceptors (Lipinski definition) is 3. The standard InChI is InChI=1S/C17H24N2O2/c1-19(11-12-20)16-9-7-15(8-10-16)18-17(21)13-14-5-3-2-4-6-14/h5,7-10,20H,2-4,6,11-13H2,1H3,(H,18,21). The Morgan fingerprint density at radius 3 is 2.67 bits per heavy atom. The number of benzene rings is 1. The summed E-state index contributed by atoms with van der Waals surface area (Å²) in [6.45, 7) is 0.726. The Labute approximate surface area is 126 Å². The van der Waals surface area contributed by atoms with Crippen molar-refractivity contribution in [2.75, 3.05) is 30.4 Å². The van der Waals surface area contributed by atoms with Crippen LogP contribution in [0.1, 0.15) is 32.1 Å². The highest BCUT2D eigenvalue weighted by molar-refractivity contribution is 5.92. The monoisotopic (exact) mass is 288 g/mol. The maximum Gasteiger partial charge on any atom is 0.228 e. The predicted molar refractivity (Wildman–Crippen MR) is 86.6 cm³/mol. The molecule has 0 aromatic heterocycles. The van der Waals surface area contributed by atoms with E-state index < -0.39 is 0 Å². The average molecular weight is 288 g/mol. The molecular formula is C17H24N2O2. The van der Waals surface area contributed by atoms with Crippen LogP contribution in [0.25, 0.3) is 0 Å². The molecule has 0 spiro atoms. The molecule has 0 atom stereocenters. The molecule has 0 bridgehead atoms. The molecule has 1 aromatic rings. The van der Waals surface area contributed by atoms with Gasteiger partial charge >= 0.3 is 0 Å². The van der Waals surface area contributed by atoms with E-state index in [1.54, 1.807) is 0 Å². The summed E-state index contributed by atoms with van der Waals surface area (Å²) in [5, 5.41) is 11.9. The molecular weight excluding hydrogens is 264 g/mol. The zero-order chi connectivity index (χ0) is 15.1. The number of rotatable bonds is 6. The van der Waals surface area contributed by atoms with Crippen molar-refractivity contribution in [2.24, 2.45) is 0 Å². The van der Waals surface area contributed by atoms with Crippen molar-refractivity contribution in [3.8, 4) is 0 Å². The minimum Gasteiger partial charge on any atom is -0.395 e. The Balaban J connectivity index is 1.87. The molecule has 114 valence electrons. The van der Waals surface area contributed by atoms with E-state index in [-0.39, 0.29) is 12.5 Å². The lowest BCUT2D eigenvalue weighted by Gasteiger charge is -2.18. The van der Waals surface area contributed by atoms with E-state index in [0.29, 0.717) is 13.0 Å². The van der Waals surface area contributed by atoms with Crippen molar-refractivity contribution in [3.05, 3.63) is 35.9 Å². The van der Waals surface area contributed by atoms with Gasteiger partial charge in [-0.1, -0.05) is 11.6 Å². The number of hydrogen-bond donors (Lipinski definition) is 2. The smallest absolute Gasteiger partial charge is 0.228 e. The van der Waals surface area contributed by atoms with Gasteiger partial charge in [0.15, 0.2) is 0 Å². The topological polar surface area (TPSA) is 52.6 Å². The van der Waals surface area contributed by atoms with Crippen molar-refractivity contribution in [3.63, 3.8) is 0 Å². The average Bonchev–Trinajstić information content (AvgIpc) is 2.49. The van der Waals surface area contributed by atoms with Gasteiger partial charge in [-0.25, -0.2) is 0 Å². The molecule has 2 N–H and O–H groups in total. The second kappa shape index (κ2) is 7.84. The first-order chi connectivity index (χ1) is 10.2. The van der Waals surface area contributed by atoms with Gasteiger partial charge in [-0.3, -0.25) is 4.79 Å². The molecule has 0 radical (unpaired) electrons. The zero-order valence-electron chi connectivity index (χ0n) is 12.6. The number of likely N-dealkylation sites (N-methyl/N-ethyl adjacent to an activating group) is 1. The number of aliphatic hydroxyl groups excluding tert-OH is 1. The molecule has 2 rings (SSSR count). The molecule has 1 aliphatic rings. The minimum absolute atomic E-state index is 0.0552. The Morgan fingerprint density at radius 2 is 2.05 bits per heavy atom. The van der Waals surface area contributed by atoms with E-state index in [1.165, 1.54) is 18.4 Å². The van der Waals surface area contributed by atoms with Crippen molar-refractivity contribution in [1.29, 1.82) is 0 Å². The minimum atomic E-state index is 0.0552. The van der Waals surface area contributed by atoms with Crippen LogP contribution in [0, 0.1) is 0 Å². The molecule has 0 aliphatic heterocycles. The number of amides is 1. The van der Waals surface area contributed by atoms with Crippen LogP contribution in [0.15, 0.2) is 35.9 Å². The predicted octanol–water partition coefficient (Wildman–Crippen LogP) is 2.94. The normalized spacial score (nSPS) is 14.5. The molecule has 0 fully saturated rings. The van der Waals surface area contributed by atoms with Crippen molar-refractivity contribution < 1.29 is 9.90 Å². The van der Waals surface area contributed by atoms with Crippen molar-refractivity contribution in [1.82, 2.24) is 0 Å². The number of aliphatic hydroxyl groups is 1. The SMILES string of the molecule is CN(CCO)c1ccc(NC(=O)CC2=CCCCC2)cc1. The molecule has 0 heterocycles. The summed E-state index contributed by atoms with van der Waals surface area (Å²) in [6.07, 6.45) is 7.31. The fraction of sp³-hybridized carbons (Fsp3) is 0.471. The van der Waals surface area contributed by atoms with Gasteiger partial charge in [0.05, 0.1) is 6.61 Å². The quantitative estimate of drug-likeness (QED) is 0.791. The van der Waals surface area contributed by atoms with Crippen LogP contribution < -0.4 is 10.2 Å². The molecule has 4 heteroatoms. The molecule has 1 aromatic carbocycles. The summed E-state index contributed by atoms with van der Waals surface area (Å²) in [6, 6.07) is 7.70. The summed E-state index contributed by atoms with van der Waals surface area (Å²) in [5.41, 5.74) is 3.10. The maximum absolute atomic E-state index is 12.0. The number of nitrogens with zero attached hydrogens (tertiary/aromatic N) is 1. The first-order valence-corrected chi connectivity index (χ1v) is 7.59. The Hall–Kier alpha value is -1.81. The molecule has 0 saturated heterocycles. The van der Waals surface area contributed by atoms with Gasteiger partial charge in [0.2, 0.25) is 5.91 Å². The van der Waals surface area contributed by atoms with E-state index in [1.807, 2.05) is 36.2 Å². The van der Waals surface area contributed by atoms with Crippen LogP contribution in [0.5, 0.6) is 0 Å². The van der Waals surface area contributed by atoms with E-state index in [9.17, 15) is 4.79 Å². The first kappa shape index (κ1) is 15.6. The zero-order valence-corrected chi connectivity index (χ0v) is 12.6. The highest BCUT2D eigenvalue weighted by Gasteiger charge is 2.09. The summed E-state index contributed by atoms with van der Waals surface area (Å²) in [4.78, 5) is 14.0.